The zero-order valence-electron chi connectivity index (χ0n) is 18.1. The third kappa shape index (κ3) is 7.07. The zero-order chi connectivity index (χ0) is 19.5. The van der Waals surface area contributed by atoms with Gasteiger partial charge in [-0.15, -0.1) is 39.6 Å². The van der Waals surface area contributed by atoms with Crippen molar-refractivity contribution < 1.29 is 4.74 Å². The molecule has 0 bridgehead atoms. The highest BCUT2D eigenvalue weighted by atomic mass is 31.2. The van der Waals surface area contributed by atoms with Crippen molar-refractivity contribution in [3.05, 3.63) is 0 Å². The van der Waals surface area contributed by atoms with Crippen molar-refractivity contribution in [2.45, 2.75) is 53.2 Å². The molecule has 0 N–H and O–H groups in total. The first-order valence-corrected chi connectivity index (χ1v) is 18.2. The fourth-order valence-corrected chi connectivity index (χ4v) is 14.9. The summed E-state index contributed by atoms with van der Waals surface area (Å²) in [4.78, 5) is 0. The van der Waals surface area contributed by atoms with Crippen LogP contribution in [0.3, 0.4) is 0 Å². The summed E-state index contributed by atoms with van der Waals surface area (Å²) in [6.07, 6.45) is 22.3. The van der Waals surface area contributed by atoms with Crippen molar-refractivity contribution in [3.63, 3.8) is 0 Å². The molecule has 1 aliphatic heterocycles. The van der Waals surface area contributed by atoms with E-state index in [2.05, 4.69) is 60.5 Å². The molecule has 0 radical (unpaired) electrons. The maximum absolute atomic E-state index is 6.45. The lowest BCUT2D eigenvalue weighted by Crippen LogP contribution is -2.25. The van der Waals surface area contributed by atoms with Gasteiger partial charge in [-0.3, -0.25) is 0 Å². The summed E-state index contributed by atoms with van der Waals surface area (Å²) in [5.74, 6) is 2.69. The number of rotatable bonds is 10. The summed E-state index contributed by atoms with van der Waals surface area (Å²) in [7, 11) is 0. The van der Waals surface area contributed by atoms with Gasteiger partial charge in [0.2, 0.25) is 0 Å². The van der Waals surface area contributed by atoms with E-state index in [1.54, 1.807) is 0 Å². The summed E-state index contributed by atoms with van der Waals surface area (Å²) in [5, 5.41) is 0. The molecule has 7 unspecified atom stereocenters. The third-order valence-corrected chi connectivity index (χ3v) is 18.7. The van der Waals surface area contributed by atoms with Crippen LogP contribution in [0.4, 0.5) is 0 Å². The SMILES string of the molecule is C=P(C)(CC)CC1C(CCP(=C)(CC)CP(=C)(C)CC)OC(C)C1C. The molecule has 1 saturated heterocycles. The van der Waals surface area contributed by atoms with Crippen LogP contribution in [0.15, 0.2) is 0 Å². The number of ether oxygens (including phenoxy) is 1. The maximum Gasteiger partial charge on any atom is 0.0617 e. The Kier molecular flexibility index (Phi) is 8.96. The van der Waals surface area contributed by atoms with Crippen molar-refractivity contribution in [2.24, 2.45) is 11.8 Å². The van der Waals surface area contributed by atoms with E-state index < -0.39 is 20.7 Å². The molecule has 1 fully saturated rings. The van der Waals surface area contributed by atoms with Gasteiger partial charge in [0.05, 0.1) is 12.2 Å². The Balaban J connectivity index is 2.83. The van der Waals surface area contributed by atoms with E-state index in [0.29, 0.717) is 24.0 Å². The van der Waals surface area contributed by atoms with Crippen LogP contribution in [0.2, 0.25) is 0 Å². The van der Waals surface area contributed by atoms with Crippen molar-refractivity contribution >= 4 is 39.6 Å². The molecule has 0 spiro atoms. The molecule has 1 rings (SSSR count). The molecule has 0 aromatic heterocycles. The highest BCUT2D eigenvalue weighted by Crippen LogP contribution is 2.59. The van der Waals surface area contributed by atoms with E-state index in [0.717, 1.165) is 0 Å². The standard InChI is InChI=1S/C21H45OP3/c1-11-23(6,7)16-20-18(4)19(5)22-21(20)14-15-25(10,13-3)17-24(8,9)12-2/h18-21H,6,8,10-17H2,1-5,7,9H3. The lowest BCUT2D eigenvalue weighted by Gasteiger charge is -2.32. The molecular formula is C21H45OP3. The maximum atomic E-state index is 6.45. The normalized spacial score (nSPS) is 34.2. The number of hydrogen-bond donors (Lipinski definition) is 0. The van der Waals surface area contributed by atoms with Crippen LogP contribution in [0, 0.1) is 11.8 Å². The molecule has 7 atom stereocenters. The molecule has 1 nitrogen and oxygen atoms in total. The molecule has 1 heterocycles. The molecule has 0 aliphatic carbocycles. The fourth-order valence-electron chi connectivity index (χ4n) is 3.95. The second-order valence-corrected chi connectivity index (χ2v) is 22.3. The van der Waals surface area contributed by atoms with Gasteiger partial charge in [0.15, 0.2) is 0 Å². The van der Waals surface area contributed by atoms with Crippen molar-refractivity contribution in [1.29, 1.82) is 0 Å². The van der Waals surface area contributed by atoms with Gasteiger partial charge in [-0.05, 0) is 75.2 Å². The van der Waals surface area contributed by atoms with Crippen molar-refractivity contribution in [2.75, 3.05) is 50.0 Å². The molecule has 0 aromatic carbocycles. The van der Waals surface area contributed by atoms with Crippen LogP contribution in [-0.4, -0.2) is 81.1 Å². The smallest absolute Gasteiger partial charge is 0.0617 e. The summed E-state index contributed by atoms with van der Waals surface area (Å²) in [6, 6.07) is 0. The van der Waals surface area contributed by atoms with Gasteiger partial charge >= 0.3 is 0 Å². The molecule has 0 aromatic rings. The topological polar surface area (TPSA) is 9.23 Å². The van der Waals surface area contributed by atoms with E-state index in [4.69, 9.17) is 11.0 Å². The van der Waals surface area contributed by atoms with Gasteiger partial charge < -0.3 is 4.74 Å². The van der Waals surface area contributed by atoms with Crippen molar-refractivity contribution in [1.82, 2.24) is 0 Å². The minimum Gasteiger partial charge on any atom is -0.375 e. The average molecular weight is 407 g/mol. The first-order valence-electron chi connectivity index (χ1n) is 10.1. The Hall–Kier alpha value is 0.860. The highest BCUT2D eigenvalue weighted by Gasteiger charge is 2.40. The van der Waals surface area contributed by atoms with Crippen LogP contribution in [0.25, 0.3) is 0 Å². The highest BCUT2D eigenvalue weighted by molar-refractivity contribution is 7.89. The molecule has 150 valence electrons. The van der Waals surface area contributed by atoms with E-state index in [-0.39, 0.29) is 0 Å². The predicted octanol–water partition coefficient (Wildman–Crippen LogP) is 6.04. The molecule has 0 amide bonds. The Morgan fingerprint density at radius 2 is 1.44 bits per heavy atom. The molecule has 0 saturated carbocycles. The zero-order valence-corrected chi connectivity index (χ0v) is 20.8. The largest absolute Gasteiger partial charge is 0.375 e. The minimum atomic E-state index is -1.11. The van der Waals surface area contributed by atoms with Gasteiger partial charge in [-0.2, -0.15) is 0 Å². The average Bonchev–Trinajstić information content (AvgIpc) is 2.80. The molecule has 25 heavy (non-hydrogen) atoms. The van der Waals surface area contributed by atoms with E-state index in [1.807, 2.05) is 0 Å². The molecular weight excluding hydrogens is 361 g/mol. The summed E-state index contributed by atoms with van der Waals surface area (Å²) in [5.41, 5.74) is 0. The Bertz CT molecular complexity index is 565. The quantitative estimate of drug-likeness (QED) is 0.402. The first-order chi connectivity index (χ1) is 11.4. The van der Waals surface area contributed by atoms with Crippen LogP contribution in [-0.2, 0) is 4.74 Å². The molecule has 1 aliphatic rings. The summed E-state index contributed by atoms with van der Waals surface area (Å²) >= 11 is 0. The van der Waals surface area contributed by atoms with Crippen LogP contribution in [0.1, 0.15) is 41.0 Å². The van der Waals surface area contributed by atoms with Gasteiger partial charge in [0.25, 0.3) is 0 Å². The Morgan fingerprint density at radius 3 is 1.92 bits per heavy atom. The first kappa shape index (κ1) is 23.9. The molecule has 4 heteroatoms. The Morgan fingerprint density at radius 1 is 0.880 bits per heavy atom. The van der Waals surface area contributed by atoms with Crippen molar-refractivity contribution in [3.8, 4) is 0 Å². The van der Waals surface area contributed by atoms with Crippen LogP contribution in [0.5, 0.6) is 0 Å². The van der Waals surface area contributed by atoms with E-state index in [1.165, 1.54) is 43.1 Å². The van der Waals surface area contributed by atoms with Gasteiger partial charge in [0, 0.05) is 0 Å². The fraction of sp³-hybridized carbons (Fsp3) is 0.857. The Labute approximate surface area is 159 Å². The second kappa shape index (κ2) is 9.37. The lowest BCUT2D eigenvalue weighted by atomic mass is 9.90. The number of hydrogen-bond acceptors (Lipinski definition) is 1. The predicted molar refractivity (Wildman–Crippen MR) is 132 cm³/mol. The minimum absolute atomic E-state index is 0.396. The van der Waals surface area contributed by atoms with Crippen LogP contribution >= 0.6 is 20.7 Å². The van der Waals surface area contributed by atoms with Gasteiger partial charge in [-0.25, -0.2) is 0 Å². The van der Waals surface area contributed by atoms with Gasteiger partial charge in [0.1, 0.15) is 0 Å². The summed E-state index contributed by atoms with van der Waals surface area (Å²) < 4.78 is 6.45. The third-order valence-electron chi connectivity index (χ3n) is 6.66. The summed E-state index contributed by atoms with van der Waals surface area (Å²) in [6.45, 7) is 13.3. The lowest BCUT2D eigenvalue weighted by molar-refractivity contribution is 0.0401. The van der Waals surface area contributed by atoms with Gasteiger partial charge in [-0.1, -0.05) is 27.7 Å². The van der Waals surface area contributed by atoms with Crippen LogP contribution < -0.4 is 0 Å². The second-order valence-electron chi connectivity index (χ2n) is 9.27. The monoisotopic (exact) mass is 406 g/mol. The van der Waals surface area contributed by atoms with E-state index >= 15 is 0 Å². The van der Waals surface area contributed by atoms with E-state index in [9.17, 15) is 0 Å².